The highest BCUT2D eigenvalue weighted by atomic mass is 32.2. The molecule has 0 aromatic heterocycles. The lowest BCUT2D eigenvalue weighted by Crippen LogP contribution is -2.08. The summed E-state index contributed by atoms with van der Waals surface area (Å²) in [6, 6.07) is 9.85. The largest absolute Gasteiger partial charge is 0.394 e. The fraction of sp³-hybridized carbons (Fsp3) is 0.300. The molecule has 2 N–H and O–H groups in total. The Morgan fingerprint density at radius 2 is 2.14 bits per heavy atom. The third-order valence-corrected chi connectivity index (χ3v) is 2.19. The third-order valence-electron chi connectivity index (χ3n) is 1.57. The minimum absolute atomic E-state index is 0.0839. The number of anilines is 1. The van der Waals surface area contributed by atoms with Crippen molar-refractivity contribution in [3.05, 3.63) is 30.3 Å². The molecular formula is C10H14N2OS. The van der Waals surface area contributed by atoms with Crippen LogP contribution in [0.4, 0.5) is 5.69 Å². The molecule has 0 saturated carbocycles. The van der Waals surface area contributed by atoms with Crippen LogP contribution < -0.4 is 5.32 Å². The van der Waals surface area contributed by atoms with Gasteiger partial charge in [-0.05, 0) is 18.4 Å². The Morgan fingerprint density at radius 1 is 1.43 bits per heavy atom. The van der Waals surface area contributed by atoms with Gasteiger partial charge in [0.25, 0.3) is 0 Å². The van der Waals surface area contributed by atoms with Crippen LogP contribution in [0.25, 0.3) is 0 Å². The van der Waals surface area contributed by atoms with Crippen molar-refractivity contribution in [3.8, 4) is 0 Å². The fourth-order valence-electron chi connectivity index (χ4n) is 0.952. The third kappa shape index (κ3) is 3.81. The summed E-state index contributed by atoms with van der Waals surface area (Å²) < 4.78 is 0. The highest BCUT2D eigenvalue weighted by Crippen LogP contribution is 2.08. The van der Waals surface area contributed by atoms with Crippen molar-refractivity contribution in [2.45, 2.75) is 0 Å². The van der Waals surface area contributed by atoms with E-state index in [1.54, 1.807) is 0 Å². The van der Waals surface area contributed by atoms with E-state index >= 15 is 0 Å². The van der Waals surface area contributed by atoms with Crippen LogP contribution in [0.1, 0.15) is 0 Å². The zero-order chi connectivity index (χ0) is 10.2. The smallest absolute Gasteiger partial charge is 0.160 e. The number of amidine groups is 1. The van der Waals surface area contributed by atoms with Crippen molar-refractivity contribution in [2.24, 2.45) is 4.99 Å². The quantitative estimate of drug-likeness (QED) is 0.590. The molecule has 0 spiro atoms. The average molecular weight is 210 g/mol. The number of para-hydroxylation sites is 1. The van der Waals surface area contributed by atoms with E-state index in [1.165, 1.54) is 11.8 Å². The molecule has 76 valence electrons. The van der Waals surface area contributed by atoms with Crippen molar-refractivity contribution in [3.63, 3.8) is 0 Å². The molecule has 3 nitrogen and oxygen atoms in total. The lowest BCUT2D eigenvalue weighted by atomic mass is 10.3. The zero-order valence-electron chi connectivity index (χ0n) is 8.10. The van der Waals surface area contributed by atoms with Crippen molar-refractivity contribution in [1.82, 2.24) is 0 Å². The predicted molar refractivity (Wildman–Crippen MR) is 63.0 cm³/mol. The van der Waals surface area contributed by atoms with E-state index < -0.39 is 0 Å². The first-order valence-electron chi connectivity index (χ1n) is 4.38. The lowest BCUT2D eigenvalue weighted by molar-refractivity contribution is 0.307. The molecule has 4 heteroatoms. The number of hydrogen-bond donors (Lipinski definition) is 2. The highest BCUT2D eigenvalue weighted by Gasteiger charge is 1.96. The van der Waals surface area contributed by atoms with Crippen LogP contribution in [0.2, 0.25) is 0 Å². The molecule has 1 aromatic carbocycles. The summed E-state index contributed by atoms with van der Waals surface area (Å²) in [7, 11) is 0. The second-order valence-corrected chi connectivity index (χ2v) is 3.40. The molecule has 0 aliphatic carbocycles. The van der Waals surface area contributed by atoms with Gasteiger partial charge in [-0.25, -0.2) is 0 Å². The Balaban J connectivity index is 2.57. The first-order chi connectivity index (χ1) is 6.86. The second-order valence-electron chi connectivity index (χ2n) is 2.61. The van der Waals surface area contributed by atoms with Crippen LogP contribution in [0.15, 0.2) is 35.3 Å². The van der Waals surface area contributed by atoms with Crippen LogP contribution in [0, 0.1) is 0 Å². The van der Waals surface area contributed by atoms with Gasteiger partial charge in [-0.2, -0.15) is 0 Å². The average Bonchev–Trinajstić information content (AvgIpc) is 2.25. The SMILES string of the molecule is CSC(=NCCO)Nc1ccccc1. The summed E-state index contributed by atoms with van der Waals surface area (Å²) in [4.78, 5) is 4.17. The Hall–Kier alpha value is -1.00. The van der Waals surface area contributed by atoms with Gasteiger partial charge in [0.15, 0.2) is 5.17 Å². The summed E-state index contributed by atoms with van der Waals surface area (Å²) in [5.41, 5.74) is 1.01. The Morgan fingerprint density at radius 3 is 2.71 bits per heavy atom. The Kier molecular flexibility index (Phi) is 5.11. The van der Waals surface area contributed by atoms with Gasteiger partial charge in [0.2, 0.25) is 0 Å². The van der Waals surface area contributed by atoms with Crippen LogP contribution in [0.3, 0.4) is 0 Å². The molecule has 0 radical (unpaired) electrons. The summed E-state index contributed by atoms with van der Waals surface area (Å²) in [6.07, 6.45) is 1.95. The minimum Gasteiger partial charge on any atom is -0.394 e. The van der Waals surface area contributed by atoms with Gasteiger partial charge in [-0.15, -0.1) is 0 Å². The van der Waals surface area contributed by atoms with Crippen LogP contribution in [0.5, 0.6) is 0 Å². The molecule has 0 aliphatic heterocycles. The molecule has 0 heterocycles. The molecule has 14 heavy (non-hydrogen) atoms. The number of nitrogens with one attached hydrogen (secondary N) is 1. The molecule has 0 saturated heterocycles. The number of aliphatic hydroxyl groups is 1. The van der Waals surface area contributed by atoms with Crippen LogP contribution in [-0.2, 0) is 0 Å². The highest BCUT2D eigenvalue weighted by molar-refractivity contribution is 8.13. The van der Waals surface area contributed by atoms with Gasteiger partial charge in [-0.1, -0.05) is 30.0 Å². The monoisotopic (exact) mass is 210 g/mol. The predicted octanol–water partition coefficient (Wildman–Crippen LogP) is 1.81. The van der Waals surface area contributed by atoms with E-state index in [-0.39, 0.29) is 6.61 Å². The molecule has 0 fully saturated rings. The summed E-state index contributed by atoms with van der Waals surface area (Å²) >= 11 is 1.53. The van der Waals surface area contributed by atoms with Crippen LogP contribution >= 0.6 is 11.8 Å². The van der Waals surface area contributed by atoms with Crippen molar-refractivity contribution < 1.29 is 5.11 Å². The van der Waals surface area contributed by atoms with E-state index in [0.29, 0.717) is 6.54 Å². The minimum atomic E-state index is 0.0839. The van der Waals surface area contributed by atoms with Gasteiger partial charge >= 0.3 is 0 Å². The van der Waals surface area contributed by atoms with Gasteiger partial charge in [-0.3, -0.25) is 4.99 Å². The molecule has 0 atom stereocenters. The molecule has 0 bridgehead atoms. The molecule has 0 unspecified atom stereocenters. The van der Waals surface area contributed by atoms with E-state index in [0.717, 1.165) is 10.9 Å². The van der Waals surface area contributed by atoms with E-state index in [4.69, 9.17) is 5.11 Å². The van der Waals surface area contributed by atoms with Gasteiger partial charge < -0.3 is 10.4 Å². The molecule has 0 amide bonds. The first kappa shape index (κ1) is 11.1. The van der Waals surface area contributed by atoms with Crippen LogP contribution in [-0.4, -0.2) is 29.7 Å². The van der Waals surface area contributed by atoms with Crippen molar-refractivity contribution in [2.75, 3.05) is 24.7 Å². The number of rotatable bonds is 3. The maximum Gasteiger partial charge on any atom is 0.160 e. The van der Waals surface area contributed by atoms with Gasteiger partial charge in [0.05, 0.1) is 13.2 Å². The van der Waals surface area contributed by atoms with E-state index in [9.17, 15) is 0 Å². The number of aliphatic hydroxyl groups excluding tert-OH is 1. The number of aliphatic imine (C=N–C) groups is 1. The number of hydrogen-bond acceptors (Lipinski definition) is 3. The van der Waals surface area contributed by atoms with Gasteiger partial charge in [0, 0.05) is 5.69 Å². The van der Waals surface area contributed by atoms with E-state index in [1.807, 2.05) is 36.6 Å². The Bertz CT molecular complexity index is 287. The maximum absolute atomic E-state index is 8.63. The zero-order valence-corrected chi connectivity index (χ0v) is 8.92. The topological polar surface area (TPSA) is 44.6 Å². The lowest BCUT2D eigenvalue weighted by Gasteiger charge is -2.06. The molecule has 1 rings (SSSR count). The Labute approximate surface area is 88.3 Å². The fourth-order valence-corrected chi connectivity index (χ4v) is 1.39. The summed E-state index contributed by atoms with van der Waals surface area (Å²) in [5, 5.41) is 12.6. The number of thioether (sulfide) groups is 1. The van der Waals surface area contributed by atoms with Gasteiger partial charge in [0.1, 0.15) is 0 Å². The number of nitrogens with zero attached hydrogens (tertiary/aromatic N) is 1. The van der Waals surface area contributed by atoms with Crippen molar-refractivity contribution in [1.29, 1.82) is 0 Å². The first-order valence-corrected chi connectivity index (χ1v) is 5.60. The van der Waals surface area contributed by atoms with Crippen molar-refractivity contribution >= 4 is 22.6 Å². The number of benzene rings is 1. The molecular weight excluding hydrogens is 196 g/mol. The van der Waals surface area contributed by atoms with E-state index in [2.05, 4.69) is 10.3 Å². The maximum atomic E-state index is 8.63. The summed E-state index contributed by atoms with van der Waals surface area (Å²) in [6.45, 7) is 0.524. The normalized spacial score (nSPS) is 11.4. The second kappa shape index (κ2) is 6.45. The summed E-state index contributed by atoms with van der Waals surface area (Å²) in [5.74, 6) is 0. The standard InChI is InChI=1S/C10H14N2OS/c1-14-10(11-7-8-13)12-9-5-3-2-4-6-9/h2-6,13H,7-8H2,1H3,(H,11,12). The molecule has 0 aliphatic rings. The molecule has 1 aromatic rings.